The number of hydrogen-bond acceptors (Lipinski definition) is 4. The van der Waals surface area contributed by atoms with Crippen LogP contribution in [0.3, 0.4) is 0 Å². The molecule has 0 fully saturated rings. The first-order valence-corrected chi connectivity index (χ1v) is 6.84. The van der Waals surface area contributed by atoms with Crippen LogP contribution in [0.5, 0.6) is 0 Å². The van der Waals surface area contributed by atoms with Crippen molar-refractivity contribution < 1.29 is 8.42 Å². The number of aryl methyl sites for hydroxylation is 1. The van der Waals surface area contributed by atoms with Gasteiger partial charge in [-0.1, -0.05) is 0 Å². The van der Waals surface area contributed by atoms with E-state index >= 15 is 0 Å². The monoisotopic (exact) mass is 253 g/mol. The van der Waals surface area contributed by atoms with Gasteiger partial charge < -0.3 is 0 Å². The number of hydrogen-bond donors (Lipinski definition) is 0. The molecule has 0 saturated carbocycles. The van der Waals surface area contributed by atoms with Crippen LogP contribution in [0.4, 0.5) is 5.69 Å². The Morgan fingerprint density at radius 3 is 2.82 bits per heavy atom. The van der Waals surface area contributed by atoms with Crippen molar-refractivity contribution in [3.63, 3.8) is 0 Å². The van der Waals surface area contributed by atoms with E-state index < -0.39 is 10.0 Å². The summed E-state index contributed by atoms with van der Waals surface area (Å²) in [5, 5.41) is 8.39. The normalized spacial score (nSPS) is 10.9. The van der Waals surface area contributed by atoms with E-state index in [2.05, 4.69) is 4.98 Å². The maximum absolute atomic E-state index is 11.9. The Bertz CT molecular complexity index is 520. The third-order valence-electron chi connectivity index (χ3n) is 2.46. The second-order valence-corrected chi connectivity index (χ2v) is 5.83. The van der Waals surface area contributed by atoms with Crippen LogP contribution >= 0.6 is 0 Å². The summed E-state index contributed by atoms with van der Waals surface area (Å²) >= 11 is 0. The molecule has 5 nitrogen and oxygen atoms in total. The van der Waals surface area contributed by atoms with E-state index in [0.29, 0.717) is 12.1 Å². The number of rotatable bonds is 5. The minimum absolute atomic E-state index is 0.0224. The van der Waals surface area contributed by atoms with Crippen LogP contribution in [0.2, 0.25) is 0 Å². The highest BCUT2D eigenvalue weighted by Crippen LogP contribution is 2.20. The molecule has 1 heterocycles. The third kappa shape index (κ3) is 3.43. The fraction of sp³-hybridized carbons (Fsp3) is 0.455. The Balaban J connectivity index is 2.86. The van der Waals surface area contributed by atoms with Crippen molar-refractivity contribution in [3.8, 4) is 6.07 Å². The molecule has 1 aromatic heterocycles. The molecular weight excluding hydrogens is 238 g/mol. The van der Waals surface area contributed by atoms with Gasteiger partial charge in [-0.3, -0.25) is 9.29 Å². The second-order valence-electron chi connectivity index (χ2n) is 3.71. The van der Waals surface area contributed by atoms with Gasteiger partial charge in [0.15, 0.2) is 0 Å². The Hall–Kier alpha value is -1.61. The smallest absolute Gasteiger partial charge is 0.234 e. The second kappa shape index (κ2) is 5.64. The number of unbranched alkanes of at least 4 members (excludes halogenated alkanes) is 1. The lowest BCUT2D eigenvalue weighted by Crippen LogP contribution is -2.29. The molecule has 6 heteroatoms. The summed E-state index contributed by atoms with van der Waals surface area (Å²) in [6.45, 7) is 1.83. The topological polar surface area (TPSA) is 74.1 Å². The molecule has 0 aliphatic heterocycles. The average molecular weight is 253 g/mol. The van der Waals surface area contributed by atoms with Gasteiger partial charge in [0, 0.05) is 19.7 Å². The molecule has 0 radical (unpaired) electrons. The predicted molar refractivity (Wildman–Crippen MR) is 66.0 cm³/mol. The number of nitrogens with zero attached hydrogens (tertiary/aromatic N) is 3. The van der Waals surface area contributed by atoms with Gasteiger partial charge in [-0.15, -0.1) is 0 Å². The Labute approximate surface area is 102 Å². The van der Waals surface area contributed by atoms with Gasteiger partial charge in [0.2, 0.25) is 10.0 Å². The SMILES string of the molecule is Cc1ccncc1N(C)S(=O)(=O)CCCC#N. The molecule has 1 rings (SSSR count). The van der Waals surface area contributed by atoms with Crippen LogP contribution in [0.15, 0.2) is 18.5 Å². The van der Waals surface area contributed by atoms with Gasteiger partial charge in [-0.25, -0.2) is 8.42 Å². The maximum Gasteiger partial charge on any atom is 0.234 e. The van der Waals surface area contributed by atoms with E-state index in [0.717, 1.165) is 5.56 Å². The summed E-state index contributed by atoms with van der Waals surface area (Å²) in [6.07, 6.45) is 3.74. The Morgan fingerprint density at radius 2 is 2.24 bits per heavy atom. The van der Waals surface area contributed by atoms with Crippen LogP contribution in [-0.2, 0) is 10.0 Å². The van der Waals surface area contributed by atoms with Crippen molar-refractivity contribution in [2.45, 2.75) is 19.8 Å². The van der Waals surface area contributed by atoms with Gasteiger partial charge >= 0.3 is 0 Å². The summed E-state index contributed by atoms with van der Waals surface area (Å²) in [7, 11) is -1.86. The summed E-state index contributed by atoms with van der Waals surface area (Å²) in [4.78, 5) is 3.92. The first kappa shape index (κ1) is 13.5. The fourth-order valence-electron chi connectivity index (χ4n) is 1.41. The third-order valence-corrected chi connectivity index (χ3v) is 4.29. The molecule has 0 amide bonds. The highest BCUT2D eigenvalue weighted by molar-refractivity contribution is 7.92. The number of sulfonamides is 1. The first-order chi connectivity index (χ1) is 7.99. The molecule has 0 aliphatic carbocycles. The summed E-state index contributed by atoms with van der Waals surface area (Å²) in [5.74, 6) is -0.0224. The lowest BCUT2D eigenvalue weighted by Gasteiger charge is -2.20. The van der Waals surface area contributed by atoms with Gasteiger partial charge in [0.05, 0.1) is 23.7 Å². The Kier molecular flexibility index (Phi) is 4.46. The highest BCUT2D eigenvalue weighted by atomic mass is 32.2. The number of anilines is 1. The minimum Gasteiger partial charge on any atom is -0.271 e. The molecule has 17 heavy (non-hydrogen) atoms. The van der Waals surface area contributed by atoms with Crippen molar-refractivity contribution in [2.24, 2.45) is 0 Å². The van der Waals surface area contributed by atoms with Crippen LogP contribution in [0.25, 0.3) is 0 Å². The van der Waals surface area contributed by atoms with Crippen LogP contribution < -0.4 is 4.31 Å². The van der Waals surface area contributed by atoms with E-state index in [1.165, 1.54) is 17.5 Å². The number of nitriles is 1. The molecule has 1 aromatic rings. The van der Waals surface area contributed by atoms with Crippen molar-refractivity contribution in [3.05, 3.63) is 24.0 Å². The number of pyridine rings is 1. The summed E-state index contributed by atoms with van der Waals surface area (Å²) < 4.78 is 25.1. The molecule has 0 bridgehead atoms. The molecule has 0 spiro atoms. The molecule has 92 valence electrons. The summed E-state index contributed by atoms with van der Waals surface area (Å²) in [6, 6.07) is 3.70. The summed E-state index contributed by atoms with van der Waals surface area (Å²) in [5.41, 5.74) is 1.43. The van der Waals surface area contributed by atoms with Gasteiger partial charge in [-0.05, 0) is 25.0 Å². The zero-order chi connectivity index (χ0) is 12.9. The highest BCUT2D eigenvalue weighted by Gasteiger charge is 2.19. The van der Waals surface area contributed by atoms with Gasteiger partial charge in [-0.2, -0.15) is 5.26 Å². The van der Waals surface area contributed by atoms with Crippen LogP contribution in [-0.4, -0.2) is 26.2 Å². The largest absolute Gasteiger partial charge is 0.271 e. The van der Waals surface area contributed by atoms with Crippen molar-refractivity contribution in [2.75, 3.05) is 17.1 Å². The Morgan fingerprint density at radius 1 is 1.53 bits per heavy atom. The predicted octanol–water partition coefficient (Wildman–Crippen LogP) is 1.46. The van der Waals surface area contributed by atoms with Crippen LogP contribution in [0, 0.1) is 18.3 Å². The zero-order valence-corrected chi connectivity index (χ0v) is 10.7. The van der Waals surface area contributed by atoms with Gasteiger partial charge in [0.1, 0.15) is 0 Å². The molecule has 0 N–H and O–H groups in total. The molecule has 0 aromatic carbocycles. The maximum atomic E-state index is 11.9. The number of aromatic nitrogens is 1. The molecule has 0 aliphatic rings. The minimum atomic E-state index is -3.37. The average Bonchev–Trinajstić information content (AvgIpc) is 2.29. The van der Waals surface area contributed by atoms with Gasteiger partial charge in [0.25, 0.3) is 0 Å². The standard InChI is InChI=1S/C11H15N3O2S/c1-10-5-7-13-9-11(10)14(2)17(15,16)8-4-3-6-12/h5,7,9H,3-4,8H2,1-2H3. The van der Waals surface area contributed by atoms with E-state index in [-0.39, 0.29) is 12.2 Å². The van der Waals surface area contributed by atoms with E-state index in [9.17, 15) is 8.42 Å². The molecule has 0 atom stereocenters. The van der Waals surface area contributed by atoms with Crippen molar-refractivity contribution in [1.29, 1.82) is 5.26 Å². The fourth-order valence-corrected chi connectivity index (χ4v) is 2.68. The van der Waals surface area contributed by atoms with Crippen molar-refractivity contribution in [1.82, 2.24) is 4.98 Å². The molecule has 0 saturated heterocycles. The molecule has 0 unspecified atom stereocenters. The van der Waals surface area contributed by atoms with Crippen molar-refractivity contribution >= 4 is 15.7 Å². The lowest BCUT2D eigenvalue weighted by molar-refractivity contribution is 0.592. The van der Waals surface area contributed by atoms with E-state index in [1.54, 1.807) is 12.3 Å². The molecular formula is C11H15N3O2S. The zero-order valence-electron chi connectivity index (χ0n) is 9.92. The first-order valence-electron chi connectivity index (χ1n) is 5.23. The quantitative estimate of drug-likeness (QED) is 0.744. The van der Waals surface area contributed by atoms with E-state index in [4.69, 9.17) is 5.26 Å². The van der Waals surface area contributed by atoms with E-state index in [1.807, 2.05) is 13.0 Å². The van der Waals surface area contributed by atoms with Crippen LogP contribution in [0.1, 0.15) is 18.4 Å². The lowest BCUT2D eigenvalue weighted by atomic mass is 10.2.